The molecule has 0 radical (unpaired) electrons. The zero-order chi connectivity index (χ0) is 32.7. The van der Waals surface area contributed by atoms with Crippen molar-refractivity contribution >= 4 is 51.1 Å². The second-order valence-electron chi connectivity index (χ2n) is 14.2. The van der Waals surface area contributed by atoms with Crippen LogP contribution in [0, 0.1) is 12.7 Å². The van der Waals surface area contributed by atoms with Crippen molar-refractivity contribution < 1.29 is 19.0 Å². The molecule has 9 nitrogen and oxygen atoms in total. The number of amides is 1. The molecule has 3 aromatic carbocycles. The minimum absolute atomic E-state index is 0.0290. The highest BCUT2D eigenvalue weighted by atomic mass is 35.5. The number of likely N-dealkylation sites (N-methyl/N-ethyl adjacent to an activating group) is 1. The van der Waals surface area contributed by atoms with Crippen LogP contribution in [0.5, 0.6) is 5.75 Å². The summed E-state index contributed by atoms with van der Waals surface area (Å²) in [5, 5.41) is 13.0. The first-order valence-corrected chi connectivity index (χ1v) is 16.3. The maximum atomic E-state index is 17.0. The van der Waals surface area contributed by atoms with E-state index in [0.29, 0.717) is 41.8 Å². The summed E-state index contributed by atoms with van der Waals surface area (Å²) in [6.45, 7) is 10.1. The molecule has 3 aliphatic heterocycles. The molecule has 7 rings (SSSR count). The Kier molecular flexibility index (Phi) is 7.44. The van der Waals surface area contributed by atoms with Crippen LogP contribution in [-0.4, -0.2) is 95.0 Å². The summed E-state index contributed by atoms with van der Waals surface area (Å²) in [4.78, 5) is 31.3. The Hall–Kier alpha value is -3.89. The lowest BCUT2D eigenvalue weighted by Gasteiger charge is -2.44. The molecule has 242 valence electrons. The van der Waals surface area contributed by atoms with E-state index in [-0.39, 0.29) is 40.0 Å². The molecule has 1 aromatic heterocycles. The van der Waals surface area contributed by atoms with Gasteiger partial charge < -0.3 is 24.5 Å². The summed E-state index contributed by atoms with van der Waals surface area (Å²) in [6, 6.07) is 11.0. The summed E-state index contributed by atoms with van der Waals surface area (Å²) in [5.41, 5.74) is 1.25. The van der Waals surface area contributed by atoms with E-state index in [0.717, 1.165) is 42.3 Å². The average Bonchev–Trinajstić information content (AvgIpc) is 3.20. The number of aromatic nitrogens is 2. The lowest BCUT2D eigenvalue weighted by molar-refractivity contribution is 0.0123. The van der Waals surface area contributed by atoms with Crippen LogP contribution in [0.2, 0.25) is 5.02 Å². The Morgan fingerprint density at radius 3 is 2.39 bits per heavy atom. The van der Waals surface area contributed by atoms with Crippen molar-refractivity contribution in [2.75, 3.05) is 50.1 Å². The second kappa shape index (κ2) is 11.1. The highest BCUT2D eigenvalue weighted by molar-refractivity contribution is 6.35. The number of hydrogen-bond donors (Lipinski definition) is 1. The lowest BCUT2D eigenvalue weighted by Crippen LogP contribution is -2.58. The Morgan fingerprint density at radius 1 is 1.04 bits per heavy atom. The highest BCUT2D eigenvalue weighted by Gasteiger charge is 2.45. The van der Waals surface area contributed by atoms with E-state index in [2.05, 4.69) is 14.7 Å². The molecule has 3 aliphatic rings. The van der Waals surface area contributed by atoms with Gasteiger partial charge in [0, 0.05) is 43.2 Å². The largest absolute Gasteiger partial charge is 0.508 e. The van der Waals surface area contributed by atoms with Gasteiger partial charge in [-0.1, -0.05) is 29.8 Å². The third-order valence-electron chi connectivity index (χ3n) is 9.55. The zero-order valence-corrected chi connectivity index (χ0v) is 27.9. The van der Waals surface area contributed by atoms with Crippen molar-refractivity contribution in [3.8, 4) is 16.9 Å². The van der Waals surface area contributed by atoms with Crippen LogP contribution in [0.25, 0.3) is 32.8 Å². The number of anilines is 2. The number of carbonyl (C=O) groups excluding carboxylic acids is 1. The summed E-state index contributed by atoms with van der Waals surface area (Å²) >= 11 is 6.97. The number of phenols is 1. The Labute approximate surface area is 273 Å². The van der Waals surface area contributed by atoms with Crippen LogP contribution in [-0.2, 0) is 4.74 Å². The van der Waals surface area contributed by atoms with Crippen LogP contribution in [0.4, 0.5) is 21.0 Å². The number of piperazine rings is 1. The molecule has 3 fully saturated rings. The predicted octanol–water partition coefficient (Wildman–Crippen LogP) is 6.59. The SMILES string of the molecule is Cc1cccc2cc(O)cc(-c3c(Cl)cc4c(N5CC6CCC(C5)N6C(=O)OC(C)(C)C)nc(N5CC(N(C)C)C5)nc4c3F)c12. The van der Waals surface area contributed by atoms with Gasteiger partial charge in [0.2, 0.25) is 5.95 Å². The van der Waals surface area contributed by atoms with Crippen LogP contribution >= 0.6 is 11.6 Å². The number of benzene rings is 3. The third-order valence-corrected chi connectivity index (χ3v) is 9.85. The number of phenolic OH excluding ortho intramolecular Hbond substituents is 1. The first kappa shape index (κ1) is 30.7. The van der Waals surface area contributed by atoms with Crippen LogP contribution in [0.3, 0.4) is 0 Å². The van der Waals surface area contributed by atoms with E-state index >= 15 is 4.39 Å². The number of halogens is 2. The number of carbonyl (C=O) groups is 1. The molecule has 2 atom stereocenters. The van der Waals surface area contributed by atoms with Crippen LogP contribution in [0.15, 0.2) is 36.4 Å². The minimum Gasteiger partial charge on any atom is -0.508 e. The lowest BCUT2D eigenvalue weighted by atomic mass is 9.93. The molecule has 0 saturated carbocycles. The molecule has 46 heavy (non-hydrogen) atoms. The quantitative estimate of drug-likeness (QED) is 0.266. The predicted molar refractivity (Wildman–Crippen MR) is 181 cm³/mol. The topological polar surface area (TPSA) is 85.3 Å². The third kappa shape index (κ3) is 5.25. The maximum Gasteiger partial charge on any atom is 0.410 e. The number of nitrogens with zero attached hydrogens (tertiary/aromatic N) is 6. The fourth-order valence-electron chi connectivity index (χ4n) is 7.23. The normalized spacial score (nSPS) is 20.2. The average molecular weight is 647 g/mol. The summed E-state index contributed by atoms with van der Waals surface area (Å²) in [5.74, 6) is 0.550. The van der Waals surface area contributed by atoms with E-state index in [1.807, 2.05) is 64.9 Å². The molecule has 0 aliphatic carbocycles. The van der Waals surface area contributed by atoms with Gasteiger partial charge in [0.1, 0.15) is 22.7 Å². The first-order chi connectivity index (χ1) is 21.8. The van der Waals surface area contributed by atoms with Gasteiger partial charge >= 0.3 is 6.09 Å². The number of hydrogen-bond acceptors (Lipinski definition) is 8. The van der Waals surface area contributed by atoms with Crippen molar-refractivity contribution in [3.63, 3.8) is 0 Å². The molecule has 3 saturated heterocycles. The summed E-state index contributed by atoms with van der Waals surface area (Å²) in [6.07, 6.45) is 1.42. The Morgan fingerprint density at radius 2 is 1.74 bits per heavy atom. The van der Waals surface area contributed by atoms with Gasteiger partial charge in [-0.3, -0.25) is 4.90 Å². The number of aryl methyl sites for hydroxylation is 1. The van der Waals surface area contributed by atoms with Gasteiger partial charge in [0.25, 0.3) is 0 Å². The molecule has 4 aromatic rings. The first-order valence-electron chi connectivity index (χ1n) is 15.9. The zero-order valence-electron chi connectivity index (χ0n) is 27.1. The van der Waals surface area contributed by atoms with Gasteiger partial charge in [0.15, 0.2) is 5.82 Å². The number of aromatic hydroxyl groups is 1. The van der Waals surface area contributed by atoms with Crippen LogP contribution in [0.1, 0.15) is 39.2 Å². The molecule has 11 heteroatoms. The van der Waals surface area contributed by atoms with Crippen molar-refractivity contribution in [2.45, 2.75) is 64.3 Å². The van der Waals surface area contributed by atoms with E-state index in [9.17, 15) is 9.90 Å². The van der Waals surface area contributed by atoms with Gasteiger partial charge in [-0.2, -0.15) is 4.98 Å². The summed E-state index contributed by atoms with van der Waals surface area (Å²) in [7, 11) is 4.09. The van der Waals surface area contributed by atoms with Crippen molar-refractivity contribution in [1.82, 2.24) is 19.8 Å². The maximum absolute atomic E-state index is 17.0. The van der Waals surface area contributed by atoms with E-state index in [1.165, 1.54) is 0 Å². The molecular weight excluding hydrogens is 607 g/mol. The van der Waals surface area contributed by atoms with Gasteiger partial charge in [-0.25, -0.2) is 14.2 Å². The molecule has 2 bridgehead atoms. The fraction of sp³-hybridized carbons (Fsp3) is 0.457. The molecule has 0 spiro atoms. The molecular formula is C35H40ClFN6O3. The second-order valence-corrected chi connectivity index (χ2v) is 14.6. The van der Waals surface area contributed by atoms with E-state index in [1.54, 1.807) is 18.2 Å². The smallest absolute Gasteiger partial charge is 0.410 e. The van der Waals surface area contributed by atoms with Crippen LogP contribution < -0.4 is 9.80 Å². The Bertz CT molecular complexity index is 1860. The molecule has 4 heterocycles. The monoisotopic (exact) mass is 646 g/mol. The molecule has 1 amide bonds. The number of ether oxygens (including phenoxy) is 1. The van der Waals surface area contributed by atoms with Crippen molar-refractivity contribution in [3.05, 3.63) is 52.8 Å². The minimum atomic E-state index is -0.585. The standard InChI is InChI=1S/C35H40ClFN6O3/c1-19-8-7-9-20-12-24(44)13-25(28(19)20)29-27(36)14-26-31(30(29)37)38-33(42-17-23(18-42)40(5)6)39-32(26)41-15-21-10-11-22(16-41)43(21)34(45)46-35(2,3)4/h7-9,12-14,21-23,44H,10-11,15-18H2,1-6H3. The fourth-order valence-corrected chi connectivity index (χ4v) is 7.52. The van der Waals surface area contributed by atoms with Gasteiger partial charge in [-0.05, 0) is 94.7 Å². The number of rotatable bonds is 4. The Balaban J connectivity index is 1.36. The summed E-state index contributed by atoms with van der Waals surface area (Å²) < 4.78 is 22.8. The molecule has 2 unspecified atom stereocenters. The number of fused-ring (bicyclic) bond motifs is 4. The van der Waals surface area contributed by atoms with E-state index in [4.69, 9.17) is 26.3 Å². The molecule has 1 N–H and O–H groups in total. The van der Waals surface area contributed by atoms with E-state index < -0.39 is 11.4 Å². The highest BCUT2D eigenvalue weighted by Crippen LogP contribution is 2.44. The van der Waals surface area contributed by atoms with Crippen molar-refractivity contribution in [2.24, 2.45) is 0 Å². The van der Waals surface area contributed by atoms with Gasteiger partial charge in [0.05, 0.1) is 17.1 Å². The van der Waals surface area contributed by atoms with Crippen molar-refractivity contribution in [1.29, 1.82) is 0 Å². The van der Waals surface area contributed by atoms with Gasteiger partial charge in [-0.15, -0.1) is 0 Å².